The molecule has 0 amide bonds. The van der Waals surface area contributed by atoms with E-state index in [0.717, 1.165) is 16.9 Å². The largest absolute Gasteiger partial charge is 0.0843 e. The second-order valence-electron chi connectivity index (χ2n) is 6.29. The van der Waals surface area contributed by atoms with Crippen molar-refractivity contribution in [2.45, 2.75) is 31.1 Å². The second-order valence-corrected chi connectivity index (χ2v) is 6.73. The molecule has 2 aromatic carbocycles. The third kappa shape index (κ3) is 1.61. The molecule has 0 saturated heterocycles. The molecule has 2 fully saturated rings. The van der Waals surface area contributed by atoms with E-state index in [1.54, 1.807) is 0 Å². The van der Waals surface area contributed by atoms with Crippen molar-refractivity contribution in [2.24, 2.45) is 11.8 Å². The normalized spacial score (nSPS) is 31.6. The van der Waals surface area contributed by atoms with Gasteiger partial charge in [-0.25, -0.2) is 0 Å². The van der Waals surface area contributed by atoms with Crippen LogP contribution in [0, 0.1) is 11.8 Å². The highest BCUT2D eigenvalue weighted by Crippen LogP contribution is 2.62. The highest BCUT2D eigenvalue weighted by Gasteiger charge is 2.55. The molecule has 0 radical (unpaired) electrons. The van der Waals surface area contributed by atoms with E-state index in [1.165, 1.54) is 36.8 Å². The van der Waals surface area contributed by atoms with Gasteiger partial charge in [0.05, 0.1) is 0 Å². The molecule has 2 saturated carbocycles. The van der Waals surface area contributed by atoms with Gasteiger partial charge in [-0.1, -0.05) is 54.1 Å². The minimum absolute atomic E-state index is 0.242. The van der Waals surface area contributed by atoms with Gasteiger partial charge in [-0.15, -0.1) is 0 Å². The van der Waals surface area contributed by atoms with Crippen LogP contribution in [-0.4, -0.2) is 0 Å². The Balaban J connectivity index is 1.93. The van der Waals surface area contributed by atoms with Gasteiger partial charge in [0.1, 0.15) is 0 Å². The molecule has 4 rings (SSSR count). The Kier molecular flexibility index (Phi) is 2.89. The molecule has 2 aromatic rings. The molecular weight excluding hydrogens is 264 g/mol. The second kappa shape index (κ2) is 4.63. The maximum absolute atomic E-state index is 6.10. The summed E-state index contributed by atoms with van der Waals surface area (Å²) in [5, 5.41) is 0.835. The molecule has 2 aliphatic carbocycles. The summed E-state index contributed by atoms with van der Waals surface area (Å²) in [6.07, 6.45) is 5.51. The lowest BCUT2D eigenvalue weighted by Crippen LogP contribution is -2.33. The Morgan fingerprint density at radius 2 is 1.20 bits per heavy atom. The van der Waals surface area contributed by atoms with Gasteiger partial charge < -0.3 is 0 Å². The van der Waals surface area contributed by atoms with Gasteiger partial charge in [-0.3, -0.25) is 0 Å². The number of benzene rings is 2. The predicted octanol–water partition coefficient (Wildman–Crippen LogP) is 5.45. The molecule has 20 heavy (non-hydrogen) atoms. The average Bonchev–Trinajstić information content (AvgIpc) is 3.05. The molecule has 102 valence electrons. The Morgan fingerprint density at radius 3 is 1.75 bits per heavy atom. The number of hydrogen-bond acceptors (Lipinski definition) is 0. The van der Waals surface area contributed by atoms with Crippen LogP contribution >= 0.6 is 11.6 Å². The molecule has 2 aliphatic rings. The molecule has 0 aliphatic heterocycles. The van der Waals surface area contributed by atoms with Gasteiger partial charge in [-0.05, 0) is 60.8 Å². The number of halogens is 1. The molecule has 0 unspecified atom stereocenters. The van der Waals surface area contributed by atoms with Crippen LogP contribution in [0.15, 0.2) is 54.6 Å². The monoisotopic (exact) mass is 282 g/mol. The van der Waals surface area contributed by atoms with Crippen molar-refractivity contribution in [3.8, 4) is 0 Å². The first-order valence-corrected chi connectivity index (χ1v) is 8.01. The van der Waals surface area contributed by atoms with E-state index < -0.39 is 0 Å². The van der Waals surface area contributed by atoms with E-state index in [4.69, 9.17) is 11.6 Å². The average molecular weight is 283 g/mol. The van der Waals surface area contributed by atoms with E-state index >= 15 is 0 Å². The summed E-state index contributed by atoms with van der Waals surface area (Å²) in [6, 6.07) is 19.8. The summed E-state index contributed by atoms with van der Waals surface area (Å²) < 4.78 is 0. The molecule has 0 N–H and O–H groups in total. The van der Waals surface area contributed by atoms with E-state index in [0.29, 0.717) is 0 Å². The molecular formula is C19H19Cl. The zero-order valence-corrected chi connectivity index (χ0v) is 12.3. The van der Waals surface area contributed by atoms with Crippen LogP contribution in [0.5, 0.6) is 0 Å². The molecule has 2 bridgehead atoms. The van der Waals surface area contributed by atoms with Crippen molar-refractivity contribution in [1.82, 2.24) is 0 Å². The first-order chi connectivity index (χ1) is 9.81. The molecule has 0 heterocycles. The molecule has 0 nitrogen and oxygen atoms in total. The first kappa shape index (κ1) is 12.5. The quantitative estimate of drug-likeness (QED) is 0.687. The topological polar surface area (TPSA) is 0 Å². The van der Waals surface area contributed by atoms with Gasteiger partial charge in [0.25, 0.3) is 0 Å². The number of rotatable bonds is 2. The van der Waals surface area contributed by atoms with Gasteiger partial charge >= 0.3 is 0 Å². The maximum Gasteiger partial charge on any atom is 0.0406 e. The zero-order valence-electron chi connectivity index (χ0n) is 11.6. The van der Waals surface area contributed by atoms with Crippen LogP contribution < -0.4 is 0 Å². The van der Waals surface area contributed by atoms with Crippen molar-refractivity contribution >= 4 is 11.6 Å². The highest BCUT2D eigenvalue weighted by molar-refractivity contribution is 6.30. The van der Waals surface area contributed by atoms with Crippen LogP contribution in [0.25, 0.3) is 0 Å². The standard InChI is InChI=1S/C19H19Cl/c20-18-12-10-17(11-13-18)19(14-4-2-1-3-5-14)15-6-7-16(19)9-8-15/h1-5,10-13,15-16H,6-9H2. The zero-order chi connectivity index (χ0) is 13.6. The van der Waals surface area contributed by atoms with Crippen molar-refractivity contribution < 1.29 is 0 Å². The summed E-state index contributed by atoms with van der Waals surface area (Å²) in [7, 11) is 0. The highest BCUT2D eigenvalue weighted by atomic mass is 35.5. The summed E-state index contributed by atoms with van der Waals surface area (Å²) in [5.74, 6) is 1.60. The van der Waals surface area contributed by atoms with E-state index in [2.05, 4.69) is 54.6 Å². The maximum atomic E-state index is 6.10. The SMILES string of the molecule is Clc1ccc(C2(c3ccccc3)C3CCC2CC3)cc1. The summed E-state index contributed by atoms with van der Waals surface area (Å²) >= 11 is 6.10. The first-order valence-electron chi connectivity index (χ1n) is 7.63. The van der Waals surface area contributed by atoms with Crippen molar-refractivity contribution in [2.75, 3.05) is 0 Å². The summed E-state index contributed by atoms with van der Waals surface area (Å²) in [4.78, 5) is 0. The minimum Gasteiger partial charge on any atom is -0.0843 e. The lowest BCUT2D eigenvalue weighted by atomic mass is 9.67. The molecule has 0 aromatic heterocycles. The van der Waals surface area contributed by atoms with Crippen LogP contribution in [0.3, 0.4) is 0 Å². The fourth-order valence-corrected chi connectivity index (χ4v) is 5.01. The fraction of sp³-hybridized carbons (Fsp3) is 0.368. The van der Waals surface area contributed by atoms with Crippen LogP contribution in [0.4, 0.5) is 0 Å². The smallest absolute Gasteiger partial charge is 0.0406 e. The Bertz CT molecular complexity index is 579. The van der Waals surface area contributed by atoms with Gasteiger partial charge in [0.2, 0.25) is 0 Å². The van der Waals surface area contributed by atoms with Crippen molar-refractivity contribution in [1.29, 1.82) is 0 Å². The summed E-state index contributed by atoms with van der Waals surface area (Å²) in [5.41, 5.74) is 3.22. The van der Waals surface area contributed by atoms with Crippen LogP contribution in [0.2, 0.25) is 5.02 Å². The van der Waals surface area contributed by atoms with E-state index in [9.17, 15) is 0 Å². The van der Waals surface area contributed by atoms with Crippen LogP contribution in [0.1, 0.15) is 36.8 Å². The third-order valence-electron chi connectivity index (χ3n) is 5.59. The Labute approximate surface area is 125 Å². The van der Waals surface area contributed by atoms with Gasteiger partial charge in [-0.2, -0.15) is 0 Å². The molecule has 0 atom stereocenters. The molecule has 0 spiro atoms. The minimum atomic E-state index is 0.242. The predicted molar refractivity (Wildman–Crippen MR) is 84.1 cm³/mol. The van der Waals surface area contributed by atoms with E-state index in [-0.39, 0.29) is 5.41 Å². The number of fused-ring (bicyclic) bond motifs is 2. The van der Waals surface area contributed by atoms with Crippen LogP contribution in [-0.2, 0) is 5.41 Å². The van der Waals surface area contributed by atoms with E-state index in [1.807, 2.05) is 0 Å². The van der Waals surface area contributed by atoms with Gasteiger partial charge in [0.15, 0.2) is 0 Å². The van der Waals surface area contributed by atoms with Crippen molar-refractivity contribution in [3.63, 3.8) is 0 Å². The Hall–Kier alpha value is -1.27. The lowest BCUT2D eigenvalue weighted by molar-refractivity contribution is 0.390. The fourth-order valence-electron chi connectivity index (χ4n) is 4.89. The molecule has 1 heteroatoms. The Morgan fingerprint density at radius 1 is 0.700 bits per heavy atom. The lowest BCUT2D eigenvalue weighted by Gasteiger charge is -2.36. The van der Waals surface area contributed by atoms with Crippen molar-refractivity contribution in [3.05, 3.63) is 70.7 Å². The summed E-state index contributed by atoms with van der Waals surface area (Å²) in [6.45, 7) is 0. The number of hydrogen-bond donors (Lipinski definition) is 0. The van der Waals surface area contributed by atoms with Gasteiger partial charge in [0, 0.05) is 10.4 Å². The third-order valence-corrected chi connectivity index (χ3v) is 5.84.